The predicted molar refractivity (Wildman–Crippen MR) is 82.0 cm³/mol. The van der Waals surface area contributed by atoms with Crippen molar-refractivity contribution < 1.29 is 4.79 Å². The molecule has 0 radical (unpaired) electrons. The second-order valence-electron chi connectivity index (χ2n) is 4.91. The van der Waals surface area contributed by atoms with Gasteiger partial charge in [0.15, 0.2) is 0 Å². The third-order valence-electron chi connectivity index (χ3n) is 3.44. The first kappa shape index (κ1) is 13.2. The van der Waals surface area contributed by atoms with E-state index in [1.165, 1.54) is 6.07 Å². The monoisotopic (exact) mass is 281 g/mol. The number of rotatable bonds is 2. The predicted octanol–water partition coefficient (Wildman–Crippen LogP) is 1.99. The van der Waals surface area contributed by atoms with Crippen LogP contribution >= 0.6 is 0 Å². The van der Waals surface area contributed by atoms with Crippen molar-refractivity contribution in [2.24, 2.45) is 0 Å². The standard InChI is InChI=1S/C16H15N3O2/c1-10-3-6-12(7-4-10)19-14(20)8-5-11-9-13(16(21)17-2)18-15(11)19/h3-9,18H,1-2H3,(H,17,21). The Kier molecular flexibility index (Phi) is 3.10. The van der Waals surface area contributed by atoms with Gasteiger partial charge in [0.2, 0.25) is 0 Å². The maximum atomic E-state index is 12.2. The van der Waals surface area contributed by atoms with Crippen molar-refractivity contribution in [1.82, 2.24) is 14.9 Å². The number of carbonyl (C=O) groups excluding carboxylic acids is 1. The van der Waals surface area contributed by atoms with E-state index in [2.05, 4.69) is 10.3 Å². The third kappa shape index (κ3) is 2.23. The molecule has 0 bridgehead atoms. The number of aromatic amines is 1. The molecule has 0 atom stereocenters. The number of fused-ring (bicyclic) bond motifs is 1. The van der Waals surface area contributed by atoms with Gasteiger partial charge in [-0.25, -0.2) is 0 Å². The van der Waals surface area contributed by atoms with E-state index in [0.717, 1.165) is 16.6 Å². The summed E-state index contributed by atoms with van der Waals surface area (Å²) in [7, 11) is 1.57. The van der Waals surface area contributed by atoms with Crippen LogP contribution in [0.5, 0.6) is 0 Å². The SMILES string of the molecule is CNC(=O)c1cc2ccc(=O)n(-c3ccc(C)cc3)c2[nH]1. The van der Waals surface area contributed by atoms with Crippen molar-refractivity contribution in [1.29, 1.82) is 0 Å². The fourth-order valence-electron chi connectivity index (χ4n) is 2.32. The molecule has 1 aromatic carbocycles. The molecule has 0 spiro atoms. The zero-order valence-electron chi connectivity index (χ0n) is 11.8. The van der Waals surface area contributed by atoms with Crippen molar-refractivity contribution in [3.63, 3.8) is 0 Å². The van der Waals surface area contributed by atoms with Gasteiger partial charge in [0.1, 0.15) is 11.3 Å². The number of carbonyl (C=O) groups is 1. The van der Waals surface area contributed by atoms with Gasteiger partial charge >= 0.3 is 0 Å². The molecule has 21 heavy (non-hydrogen) atoms. The van der Waals surface area contributed by atoms with Gasteiger partial charge < -0.3 is 10.3 Å². The first-order valence-electron chi connectivity index (χ1n) is 6.64. The number of aryl methyl sites for hydroxylation is 1. The number of nitrogens with one attached hydrogen (secondary N) is 2. The highest BCUT2D eigenvalue weighted by Crippen LogP contribution is 2.17. The summed E-state index contributed by atoms with van der Waals surface area (Å²) in [6.07, 6.45) is 0. The number of aromatic nitrogens is 2. The molecule has 106 valence electrons. The van der Waals surface area contributed by atoms with Crippen LogP contribution in [-0.2, 0) is 0 Å². The molecule has 2 heterocycles. The molecular formula is C16H15N3O2. The zero-order chi connectivity index (χ0) is 15.0. The number of amides is 1. The molecular weight excluding hydrogens is 266 g/mol. The molecule has 0 aliphatic carbocycles. The van der Waals surface area contributed by atoms with Crippen molar-refractivity contribution >= 4 is 16.9 Å². The van der Waals surface area contributed by atoms with E-state index in [9.17, 15) is 9.59 Å². The summed E-state index contributed by atoms with van der Waals surface area (Å²) in [6.45, 7) is 1.99. The highest BCUT2D eigenvalue weighted by molar-refractivity contribution is 5.97. The van der Waals surface area contributed by atoms with Crippen LogP contribution in [-0.4, -0.2) is 22.5 Å². The molecule has 3 rings (SSSR count). The molecule has 0 aliphatic heterocycles. The molecule has 0 saturated carbocycles. The van der Waals surface area contributed by atoms with Gasteiger partial charge in [-0.1, -0.05) is 17.7 Å². The van der Waals surface area contributed by atoms with Crippen LogP contribution in [0, 0.1) is 6.92 Å². The molecule has 3 aromatic rings. The Balaban J connectivity index is 2.28. The number of hydrogen-bond acceptors (Lipinski definition) is 2. The minimum atomic E-state index is -0.214. The first-order valence-corrected chi connectivity index (χ1v) is 6.64. The van der Waals surface area contributed by atoms with Crippen LogP contribution in [0.2, 0.25) is 0 Å². The number of pyridine rings is 1. The second kappa shape index (κ2) is 4.94. The Bertz CT molecular complexity index is 873. The van der Waals surface area contributed by atoms with Crippen molar-refractivity contribution in [3.05, 3.63) is 64.1 Å². The van der Waals surface area contributed by atoms with Crippen molar-refractivity contribution in [3.8, 4) is 5.69 Å². The highest BCUT2D eigenvalue weighted by Gasteiger charge is 2.12. The fraction of sp³-hybridized carbons (Fsp3) is 0.125. The van der Waals surface area contributed by atoms with Gasteiger partial charge in [-0.15, -0.1) is 0 Å². The Hall–Kier alpha value is -2.82. The molecule has 1 amide bonds. The van der Waals surface area contributed by atoms with E-state index in [0.29, 0.717) is 11.3 Å². The minimum absolute atomic E-state index is 0.142. The van der Waals surface area contributed by atoms with E-state index >= 15 is 0 Å². The van der Waals surface area contributed by atoms with E-state index in [1.54, 1.807) is 23.7 Å². The number of nitrogens with zero attached hydrogens (tertiary/aromatic N) is 1. The molecule has 2 N–H and O–H groups in total. The largest absolute Gasteiger partial charge is 0.354 e. The summed E-state index contributed by atoms with van der Waals surface area (Å²) in [5, 5.41) is 3.38. The van der Waals surface area contributed by atoms with Crippen LogP contribution in [0.1, 0.15) is 16.1 Å². The maximum absolute atomic E-state index is 12.2. The quantitative estimate of drug-likeness (QED) is 0.754. The number of hydrogen-bond donors (Lipinski definition) is 2. The van der Waals surface area contributed by atoms with Crippen LogP contribution < -0.4 is 10.9 Å². The topological polar surface area (TPSA) is 66.9 Å². The van der Waals surface area contributed by atoms with E-state index < -0.39 is 0 Å². The Morgan fingerprint density at radius 1 is 1.14 bits per heavy atom. The van der Waals surface area contributed by atoms with Crippen LogP contribution in [0.4, 0.5) is 0 Å². The lowest BCUT2D eigenvalue weighted by Crippen LogP contribution is -2.19. The van der Waals surface area contributed by atoms with Crippen LogP contribution in [0.25, 0.3) is 16.7 Å². The molecule has 0 aliphatic rings. The van der Waals surface area contributed by atoms with Gasteiger partial charge in [0.25, 0.3) is 11.5 Å². The number of H-pyrrole nitrogens is 1. The summed E-state index contributed by atoms with van der Waals surface area (Å²) in [5.74, 6) is -0.214. The van der Waals surface area contributed by atoms with E-state index in [-0.39, 0.29) is 11.5 Å². The third-order valence-corrected chi connectivity index (χ3v) is 3.44. The van der Waals surface area contributed by atoms with Gasteiger partial charge in [-0.05, 0) is 31.2 Å². The van der Waals surface area contributed by atoms with Crippen LogP contribution in [0.15, 0.2) is 47.3 Å². The van der Waals surface area contributed by atoms with Gasteiger partial charge in [-0.2, -0.15) is 0 Å². The molecule has 0 unspecified atom stereocenters. The zero-order valence-corrected chi connectivity index (χ0v) is 11.8. The average Bonchev–Trinajstić information content (AvgIpc) is 2.91. The lowest BCUT2D eigenvalue weighted by atomic mass is 10.2. The molecule has 5 heteroatoms. The highest BCUT2D eigenvalue weighted by atomic mass is 16.2. The molecule has 5 nitrogen and oxygen atoms in total. The van der Waals surface area contributed by atoms with E-state index in [4.69, 9.17) is 0 Å². The van der Waals surface area contributed by atoms with Gasteiger partial charge in [-0.3, -0.25) is 14.2 Å². The van der Waals surface area contributed by atoms with Gasteiger partial charge in [0.05, 0.1) is 5.69 Å². The van der Waals surface area contributed by atoms with Crippen molar-refractivity contribution in [2.75, 3.05) is 7.05 Å². The molecule has 2 aromatic heterocycles. The summed E-state index contributed by atoms with van der Waals surface area (Å²) in [4.78, 5) is 27.0. The lowest BCUT2D eigenvalue weighted by Gasteiger charge is -2.07. The fourth-order valence-corrected chi connectivity index (χ4v) is 2.32. The van der Waals surface area contributed by atoms with Crippen LogP contribution in [0.3, 0.4) is 0 Å². The molecule has 0 fully saturated rings. The summed E-state index contributed by atoms with van der Waals surface area (Å²) in [6, 6.07) is 12.6. The smallest absolute Gasteiger partial charge is 0.267 e. The maximum Gasteiger partial charge on any atom is 0.267 e. The summed E-state index contributed by atoms with van der Waals surface area (Å²) >= 11 is 0. The number of benzene rings is 1. The van der Waals surface area contributed by atoms with Gasteiger partial charge in [0, 0.05) is 18.5 Å². The van der Waals surface area contributed by atoms with E-state index in [1.807, 2.05) is 31.2 Å². The molecule has 0 saturated heterocycles. The van der Waals surface area contributed by atoms with Crippen molar-refractivity contribution in [2.45, 2.75) is 6.92 Å². The Morgan fingerprint density at radius 2 is 1.86 bits per heavy atom. The summed E-state index contributed by atoms with van der Waals surface area (Å²) in [5.41, 5.74) is 2.79. The minimum Gasteiger partial charge on any atom is -0.354 e. The first-order chi connectivity index (χ1) is 10.1. The Labute approximate surface area is 121 Å². The second-order valence-corrected chi connectivity index (χ2v) is 4.91. The summed E-state index contributed by atoms with van der Waals surface area (Å²) < 4.78 is 1.57. The average molecular weight is 281 g/mol. The Morgan fingerprint density at radius 3 is 2.52 bits per heavy atom. The lowest BCUT2D eigenvalue weighted by molar-refractivity contribution is 0.0959. The normalized spacial score (nSPS) is 10.8.